The van der Waals surface area contributed by atoms with Crippen molar-refractivity contribution in [3.05, 3.63) is 41.2 Å². The van der Waals surface area contributed by atoms with E-state index in [1.54, 1.807) is 0 Å². The molecule has 1 saturated carbocycles. The zero-order valence-electron chi connectivity index (χ0n) is 10.1. The van der Waals surface area contributed by atoms with E-state index >= 15 is 0 Å². The predicted octanol–water partition coefficient (Wildman–Crippen LogP) is 3.77. The quantitative estimate of drug-likeness (QED) is 0.894. The summed E-state index contributed by atoms with van der Waals surface area (Å²) in [6, 6.07) is 7.66. The number of hydrogen-bond acceptors (Lipinski definition) is 2. The molecule has 0 unspecified atom stereocenters. The Hall–Kier alpha value is -1.48. The van der Waals surface area contributed by atoms with E-state index in [1.807, 2.05) is 35.1 Å². The lowest BCUT2D eigenvalue weighted by Crippen LogP contribution is -1.99. The first kappa shape index (κ1) is 11.6. The molecule has 1 fully saturated rings. The van der Waals surface area contributed by atoms with E-state index in [4.69, 9.17) is 17.3 Å². The van der Waals surface area contributed by atoms with Gasteiger partial charge in [0.1, 0.15) is 0 Å². The number of halogens is 1. The molecule has 0 saturated heterocycles. The van der Waals surface area contributed by atoms with Crippen LogP contribution in [0.25, 0.3) is 5.69 Å². The highest BCUT2D eigenvalue weighted by atomic mass is 35.5. The fraction of sp³-hybridized carbons (Fsp3) is 0.357. The van der Waals surface area contributed by atoms with Crippen molar-refractivity contribution in [3.8, 4) is 5.69 Å². The molecular weight excluding hydrogens is 246 g/mol. The van der Waals surface area contributed by atoms with Crippen molar-refractivity contribution >= 4 is 17.3 Å². The number of nitrogens with zero attached hydrogens (tertiary/aromatic N) is 2. The SMILES string of the molecule is Nc1cn(-c2cccc(Cl)c2)nc1C1CCCC1. The molecule has 1 aromatic heterocycles. The van der Waals surface area contributed by atoms with E-state index < -0.39 is 0 Å². The third-order valence-corrected chi connectivity index (χ3v) is 3.82. The van der Waals surface area contributed by atoms with Gasteiger partial charge in [0.25, 0.3) is 0 Å². The fourth-order valence-corrected chi connectivity index (χ4v) is 2.85. The normalized spacial score (nSPS) is 16.3. The zero-order valence-corrected chi connectivity index (χ0v) is 10.9. The Morgan fingerprint density at radius 3 is 2.78 bits per heavy atom. The highest BCUT2D eigenvalue weighted by molar-refractivity contribution is 6.30. The Morgan fingerprint density at radius 2 is 2.06 bits per heavy atom. The zero-order chi connectivity index (χ0) is 12.5. The molecule has 1 aliphatic rings. The van der Waals surface area contributed by atoms with Crippen molar-refractivity contribution in [1.29, 1.82) is 0 Å². The number of hydrogen-bond donors (Lipinski definition) is 1. The second-order valence-corrected chi connectivity index (χ2v) is 5.31. The predicted molar refractivity (Wildman–Crippen MR) is 74.2 cm³/mol. The van der Waals surface area contributed by atoms with Crippen LogP contribution in [0, 0.1) is 0 Å². The van der Waals surface area contributed by atoms with Crippen LogP contribution in [0.1, 0.15) is 37.3 Å². The molecule has 94 valence electrons. The van der Waals surface area contributed by atoms with Crippen LogP contribution >= 0.6 is 11.6 Å². The standard InChI is InChI=1S/C14H16ClN3/c15-11-6-3-7-12(8-11)18-9-13(16)14(17-18)10-4-1-2-5-10/h3,6-10H,1-2,4-5,16H2. The summed E-state index contributed by atoms with van der Waals surface area (Å²) in [5.41, 5.74) is 8.88. The highest BCUT2D eigenvalue weighted by Crippen LogP contribution is 2.36. The third kappa shape index (κ3) is 2.10. The lowest BCUT2D eigenvalue weighted by atomic mass is 10.0. The molecule has 1 aromatic carbocycles. The molecule has 0 bridgehead atoms. The molecule has 0 amide bonds. The molecule has 0 radical (unpaired) electrons. The second-order valence-electron chi connectivity index (χ2n) is 4.88. The molecular formula is C14H16ClN3. The minimum absolute atomic E-state index is 0.533. The first-order valence-corrected chi connectivity index (χ1v) is 6.73. The van der Waals surface area contributed by atoms with Crippen LogP contribution in [0.15, 0.2) is 30.5 Å². The monoisotopic (exact) mass is 261 g/mol. The largest absolute Gasteiger partial charge is 0.396 e. The van der Waals surface area contributed by atoms with Crippen molar-refractivity contribution in [1.82, 2.24) is 9.78 Å². The van der Waals surface area contributed by atoms with Crippen LogP contribution in [-0.2, 0) is 0 Å². The number of nitrogens with two attached hydrogens (primary N) is 1. The van der Waals surface area contributed by atoms with Gasteiger partial charge in [-0.2, -0.15) is 5.10 Å². The maximum atomic E-state index is 6.08. The Kier molecular flexibility index (Phi) is 3.00. The van der Waals surface area contributed by atoms with Gasteiger partial charge in [-0.15, -0.1) is 0 Å². The summed E-state index contributed by atoms with van der Waals surface area (Å²) in [6.07, 6.45) is 6.87. The third-order valence-electron chi connectivity index (χ3n) is 3.59. The van der Waals surface area contributed by atoms with E-state index in [0.717, 1.165) is 17.1 Å². The second kappa shape index (κ2) is 4.65. The van der Waals surface area contributed by atoms with E-state index in [-0.39, 0.29) is 0 Å². The first-order chi connectivity index (χ1) is 8.74. The smallest absolute Gasteiger partial charge is 0.0889 e. The fourth-order valence-electron chi connectivity index (χ4n) is 2.67. The minimum Gasteiger partial charge on any atom is -0.396 e. The lowest BCUT2D eigenvalue weighted by molar-refractivity contribution is 0.680. The summed E-state index contributed by atoms with van der Waals surface area (Å²) in [5.74, 6) is 0.533. The maximum absolute atomic E-state index is 6.08. The van der Waals surface area contributed by atoms with Crippen LogP contribution in [-0.4, -0.2) is 9.78 Å². The summed E-state index contributed by atoms with van der Waals surface area (Å²) < 4.78 is 1.83. The van der Waals surface area contributed by atoms with Gasteiger partial charge >= 0.3 is 0 Å². The van der Waals surface area contributed by atoms with Gasteiger partial charge in [-0.1, -0.05) is 30.5 Å². The van der Waals surface area contributed by atoms with Gasteiger partial charge < -0.3 is 5.73 Å². The van der Waals surface area contributed by atoms with Crippen LogP contribution in [0.5, 0.6) is 0 Å². The number of nitrogen functional groups attached to an aromatic ring is 1. The molecule has 3 nitrogen and oxygen atoms in total. The summed E-state index contributed by atoms with van der Waals surface area (Å²) in [5, 5.41) is 5.35. The number of aromatic nitrogens is 2. The van der Waals surface area contributed by atoms with Gasteiger partial charge in [-0.25, -0.2) is 4.68 Å². The van der Waals surface area contributed by atoms with Gasteiger partial charge in [0, 0.05) is 10.9 Å². The van der Waals surface area contributed by atoms with Crippen LogP contribution < -0.4 is 5.73 Å². The molecule has 2 N–H and O–H groups in total. The Balaban J connectivity index is 1.96. The van der Waals surface area contributed by atoms with E-state index in [2.05, 4.69) is 5.10 Å². The summed E-state index contributed by atoms with van der Waals surface area (Å²) >= 11 is 6.00. The molecule has 1 heterocycles. The van der Waals surface area contributed by atoms with Crippen LogP contribution in [0.3, 0.4) is 0 Å². The van der Waals surface area contributed by atoms with Crippen molar-refractivity contribution in [2.24, 2.45) is 0 Å². The molecule has 3 rings (SSSR count). The van der Waals surface area contributed by atoms with Gasteiger partial charge in [0.15, 0.2) is 0 Å². The van der Waals surface area contributed by atoms with Gasteiger partial charge in [-0.3, -0.25) is 0 Å². The number of rotatable bonds is 2. The summed E-state index contributed by atoms with van der Waals surface area (Å²) in [4.78, 5) is 0. The van der Waals surface area contributed by atoms with Crippen LogP contribution in [0.2, 0.25) is 5.02 Å². The molecule has 0 aliphatic heterocycles. The topological polar surface area (TPSA) is 43.8 Å². The number of anilines is 1. The molecule has 4 heteroatoms. The van der Waals surface area contributed by atoms with Gasteiger partial charge in [0.05, 0.1) is 23.3 Å². The molecule has 1 aliphatic carbocycles. The first-order valence-electron chi connectivity index (χ1n) is 6.35. The average Bonchev–Trinajstić information content (AvgIpc) is 2.97. The van der Waals surface area contributed by atoms with E-state index in [0.29, 0.717) is 10.9 Å². The van der Waals surface area contributed by atoms with E-state index in [9.17, 15) is 0 Å². The highest BCUT2D eigenvalue weighted by Gasteiger charge is 2.22. The number of benzene rings is 1. The summed E-state index contributed by atoms with van der Waals surface area (Å²) in [7, 11) is 0. The Labute approximate surface area is 112 Å². The van der Waals surface area contributed by atoms with Crippen molar-refractivity contribution < 1.29 is 0 Å². The lowest BCUT2D eigenvalue weighted by Gasteiger charge is -2.05. The molecule has 18 heavy (non-hydrogen) atoms. The van der Waals surface area contributed by atoms with E-state index in [1.165, 1.54) is 25.7 Å². The molecule has 0 atom stereocenters. The Morgan fingerprint density at radius 1 is 1.28 bits per heavy atom. The van der Waals surface area contributed by atoms with Gasteiger partial charge in [-0.05, 0) is 31.0 Å². The minimum atomic E-state index is 0.533. The Bertz CT molecular complexity index is 556. The molecule has 2 aromatic rings. The maximum Gasteiger partial charge on any atom is 0.0889 e. The van der Waals surface area contributed by atoms with Crippen molar-refractivity contribution in [3.63, 3.8) is 0 Å². The average molecular weight is 262 g/mol. The van der Waals surface area contributed by atoms with Crippen molar-refractivity contribution in [2.75, 3.05) is 5.73 Å². The van der Waals surface area contributed by atoms with Gasteiger partial charge in [0.2, 0.25) is 0 Å². The molecule has 0 spiro atoms. The van der Waals surface area contributed by atoms with Crippen LogP contribution in [0.4, 0.5) is 5.69 Å². The summed E-state index contributed by atoms with van der Waals surface area (Å²) in [6.45, 7) is 0. The van der Waals surface area contributed by atoms with Crippen molar-refractivity contribution in [2.45, 2.75) is 31.6 Å².